The Morgan fingerprint density at radius 1 is 0.947 bits per heavy atom. The van der Waals surface area contributed by atoms with Gasteiger partial charge in [0, 0.05) is 15.6 Å². The van der Waals surface area contributed by atoms with Gasteiger partial charge in [-0.2, -0.15) is 9.78 Å². The van der Waals surface area contributed by atoms with Gasteiger partial charge in [-0.25, -0.2) is 4.98 Å². The van der Waals surface area contributed by atoms with E-state index in [4.69, 9.17) is 14.5 Å². The Bertz CT molecular complexity index is 1720. The highest BCUT2D eigenvalue weighted by Crippen LogP contribution is 2.42. The molecular formula is C30H23Br2N3O3. The second-order valence-corrected chi connectivity index (χ2v) is 10.2. The van der Waals surface area contributed by atoms with Crippen molar-refractivity contribution in [2.45, 2.75) is 13.5 Å². The molecule has 1 heterocycles. The summed E-state index contributed by atoms with van der Waals surface area (Å²) in [6, 6.07) is 26.7. The molecule has 0 N–H and O–H groups in total. The van der Waals surface area contributed by atoms with Crippen molar-refractivity contribution in [2.24, 2.45) is 5.10 Å². The Balaban J connectivity index is 1.56. The normalized spacial score (nSPS) is 11.3. The molecule has 0 unspecified atom stereocenters. The monoisotopic (exact) mass is 631 g/mol. The number of aryl methyl sites for hydroxylation is 1. The molecule has 0 fully saturated rings. The average Bonchev–Trinajstić information content (AvgIpc) is 2.94. The number of halogens is 2. The summed E-state index contributed by atoms with van der Waals surface area (Å²) in [4.78, 5) is 18.2. The number of rotatable bonds is 7. The van der Waals surface area contributed by atoms with Crippen LogP contribution in [0, 0.1) is 6.92 Å². The van der Waals surface area contributed by atoms with Crippen molar-refractivity contribution in [3.63, 3.8) is 0 Å². The highest BCUT2D eigenvalue weighted by Gasteiger charge is 2.18. The molecular weight excluding hydrogens is 610 g/mol. The van der Waals surface area contributed by atoms with Crippen LogP contribution in [0.4, 0.5) is 0 Å². The molecule has 0 radical (unpaired) electrons. The summed E-state index contributed by atoms with van der Waals surface area (Å²) in [7, 11) is 1.58. The van der Waals surface area contributed by atoms with Gasteiger partial charge in [0.2, 0.25) is 0 Å². The maximum Gasteiger partial charge on any atom is 0.282 e. The molecule has 8 heteroatoms. The summed E-state index contributed by atoms with van der Waals surface area (Å²) in [5.74, 6) is 1.54. The lowest BCUT2D eigenvalue weighted by Crippen LogP contribution is -2.20. The third-order valence-corrected chi connectivity index (χ3v) is 8.08. The van der Waals surface area contributed by atoms with Crippen molar-refractivity contribution in [1.82, 2.24) is 9.66 Å². The SMILES string of the molecule is COc1cc(C=Nn2c(-c3ccccc3)nc3ccccc3c2=O)c(Br)c(Br)c1OCc1cccc(C)c1. The minimum absolute atomic E-state index is 0.258. The van der Waals surface area contributed by atoms with E-state index in [2.05, 4.69) is 43.0 Å². The Hall–Kier alpha value is -3.75. The zero-order valence-electron chi connectivity index (χ0n) is 20.7. The first-order valence-corrected chi connectivity index (χ1v) is 13.4. The lowest BCUT2D eigenvalue weighted by molar-refractivity contribution is 0.282. The van der Waals surface area contributed by atoms with Crippen LogP contribution in [0.3, 0.4) is 0 Å². The molecule has 6 nitrogen and oxygen atoms in total. The van der Waals surface area contributed by atoms with Crippen LogP contribution >= 0.6 is 31.9 Å². The van der Waals surface area contributed by atoms with E-state index in [0.717, 1.165) is 16.7 Å². The number of aromatic nitrogens is 2. The van der Waals surface area contributed by atoms with Gasteiger partial charge >= 0.3 is 0 Å². The zero-order valence-corrected chi connectivity index (χ0v) is 23.9. The lowest BCUT2D eigenvalue weighted by Gasteiger charge is -2.16. The summed E-state index contributed by atoms with van der Waals surface area (Å²) < 4.78 is 14.5. The van der Waals surface area contributed by atoms with Gasteiger partial charge in [-0.1, -0.05) is 72.3 Å². The highest BCUT2D eigenvalue weighted by atomic mass is 79.9. The summed E-state index contributed by atoms with van der Waals surface area (Å²) >= 11 is 7.29. The van der Waals surface area contributed by atoms with Gasteiger partial charge in [0.1, 0.15) is 6.61 Å². The standard InChI is InChI=1S/C30H23Br2N3O3/c1-19-9-8-10-20(15-19)18-38-28-25(37-2)16-22(26(31)27(28)32)17-33-35-29(21-11-4-3-5-12-21)34-24-14-7-6-13-23(24)30(35)36/h3-17H,18H2,1-2H3. The van der Waals surface area contributed by atoms with Gasteiger partial charge < -0.3 is 9.47 Å². The molecule has 0 atom stereocenters. The fourth-order valence-corrected chi connectivity index (χ4v) is 5.00. The van der Waals surface area contributed by atoms with Gasteiger partial charge in [0.15, 0.2) is 17.3 Å². The number of para-hydroxylation sites is 1. The predicted molar refractivity (Wildman–Crippen MR) is 158 cm³/mol. The Kier molecular flexibility index (Phi) is 7.72. The highest BCUT2D eigenvalue weighted by molar-refractivity contribution is 9.13. The molecule has 0 aliphatic carbocycles. The van der Waals surface area contributed by atoms with Gasteiger partial charge in [-0.15, -0.1) is 0 Å². The second-order valence-electron chi connectivity index (χ2n) is 8.58. The largest absolute Gasteiger partial charge is 0.493 e. The molecule has 5 rings (SSSR count). The van der Waals surface area contributed by atoms with Crippen LogP contribution in [0.25, 0.3) is 22.3 Å². The third kappa shape index (κ3) is 5.28. The smallest absolute Gasteiger partial charge is 0.282 e. The van der Waals surface area contributed by atoms with Crippen LogP contribution in [0.15, 0.2) is 104 Å². The summed E-state index contributed by atoms with van der Waals surface area (Å²) in [6.45, 7) is 2.43. The van der Waals surface area contributed by atoms with Crippen molar-refractivity contribution in [3.8, 4) is 22.9 Å². The third-order valence-electron chi connectivity index (χ3n) is 5.94. The number of fused-ring (bicyclic) bond motifs is 1. The lowest BCUT2D eigenvalue weighted by atomic mass is 10.1. The van der Waals surface area contributed by atoms with E-state index in [1.165, 1.54) is 4.68 Å². The molecule has 0 amide bonds. The number of hydrogen-bond acceptors (Lipinski definition) is 5. The molecule has 190 valence electrons. The van der Waals surface area contributed by atoms with Crippen LogP contribution in [0.1, 0.15) is 16.7 Å². The first-order chi connectivity index (χ1) is 18.5. The van der Waals surface area contributed by atoms with Crippen LogP contribution < -0.4 is 15.0 Å². The van der Waals surface area contributed by atoms with E-state index in [9.17, 15) is 4.79 Å². The van der Waals surface area contributed by atoms with Crippen LogP contribution in [-0.4, -0.2) is 23.0 Å². The molecule has 5 aromatic rings. The molecule has 38 heavy (non-hydrogen) atoms. The molecule has 0 aliphatic rings. The Morgan fingerprint density at radius 2 is 1.71 bits per heavy atom. The zero-order chi connectivity index (χ0) is 26.6. The number of nitrogens with zero attached hydrogens (tertiary/aromatic N) is 3. The first-order valence-electron chi connectivity index (χ1n) is 11.8. The summed E-state index contributed by atoms with van der Waals surface area (Å²) in [5, 5.41) is 5.07. The van der Waals surface area contributed by atoms with Crippen molar-refractivity contribution < 1.29 is 9.47 Å². The van der Waals surface area contributed by atoms with Crippen LogP contribution in [0.5, 0.6) is 11.5 Å². The molecule has 1 aromatic heterocycles. The van der Waals surface area contributed by atoms with E-state index in [0.29, 0.717) is 49.3 Å². The number of benzene rings is 4. The number of hydrogen-bond donors (Lipinski definition) is 0. The van der Waals surface area contributed by atoms with Gasteiger partial charge in [-0.3, -0.25) is 4.79 Å². The maximum atomic E-state index is 13.5. The van der Waals surface area contributed by atoms with Gasteiger partial charge in [-0.05, 0) is 62.5 Å². The topological polar surface area (TPSA) is 65.7 Å². The van der Waals surface area contributed by atoms with E-state index in [1.54, 1.807) is 19.4 Å². The Morgan fingerprint density at radius 3 is 2.47 bits per heavy atom. The van der Waals surface area contributed by atoms with Crippen molar-refractivity contribution in [2.75, 3.05) is 7.11 Å². The molecule has 0 saturated carbocycles. The Labute approximate surface area is 236 Å². The summed E-state index contributed by atoms with van der Waals surface area (Å²) in [5.41, 5.74) is 4.05. The van der Waals surface area contributed by atoms with Gasteiger partial charge in [0.25, 0.3) is 5.56 Å². The second kappa shape index (κ2) is 11.3. The van der Waals surface area contributed by atoms with Crippen LogP contribution in [-0.2, 0) is 6.61 Å². The van der Waals surface area contributed by atoms with Crippen molar-refractivity contribution in [3.05, 3.63) is 121 Å². The number of ether oxygens (including phenoxy) is 2. The van der Waals surface area contributed by atoms with Crippen molar-refractivity contribution in [1.29, 1.82) is 0 Å². The number of methoxy groups -OCH3 is 1. The summed E-state index contributed by atoms with van der Waals surface area (Å²) in [6.07, 6.45) is 1.60. The predicted octanol–water partition coefficient (Wildman–Crippen LogP) is 7.37. The molecule has 4 aromatic carbocycles. The minimum atomic E-state index is -0.258. The fraction of sp³-hybridized carbons (Fsp3) is 0.100. The average molecular weight is 633 g/mol. The van der Waals surface area contributed by atoms with Gasteiger partial charge in [0.05, 0.1) is 28.7 Å². The molecule has 0 bridgehead atoms. The van der Waals surface area contributed by atoms with Crippen molar-refractivity contribution >= 4 is 49.0 Å². The van der Waals surface area contributed by atoms with E-state index < -0.39 is 0 Å². The van der Waals surface area contributed by atoms with E-state index in [-0.39, 0.29) is 5.56 Å². The quantitative estimate of drug-likeness (QED) is 0.176. The van der Waals surface area contributed by atoms with E-state index >= 15 is 0 Å². The fourth-order valence-electron chi connectivity index (χ4n) is 4.07. The van der Waals surface area contributed by atoms with E-state index in [1.807, 2.05) is 79.7 Å². The molecule has 0 spiro atoms. The first kappa shape index (κ1) is 25.9. The minimum Gasteiger partial charge on any atom is -0.493 e. The molecule has 0 saturated heterocycles. The van der Waals surface area contributed by atoms with Crippen LogP contribution in [0.2, 0.25) is 0 Å². The maximum absolute atomic E-state index is 13.5. The molecule has 0 aliphatic heterocycles.